The van der Waals surface area contributed by atoms with Crippen LogP contribution in [0.1, 0.15) is 36.3 Å². The first-order chi connectivity index (χ1) is 8.84. The molecule has 4 heteroatoms. The highest BCUT2D eigenvalue weighted by molar-refractivity contribution is 5.85. The quantitative estimate of drug-likeness (QED) is 0.870. The van der Waals surface area contributed by atoms with Gasteiger partial charge >= 0.3 is 0 Å². The molecule has 1 saturated heterocycles. The number of benzene rings is 1. The number of carbonyl (C=O) groups excluding carboxylic acids is 1. The first kappa shape index (κ1) is 14.4. The van der Waals surface area contributed by atoms with Crippen molar-refractivity contribution in [3.63, 3.8) is 0 Å². The monoisotopic (exact) mass is 280 g/mol. The van der Waals surface area contributed by atoms with Crippen LogP contribution in [0.5, 0.6) is 0 Å². The fourth-order valence-electron chi connectivity index (χ4n) is 3.11. The van der Waals surface area contributed by atoms with E-state index < -0.39 is 0 Å². The van der Waals surface area contributed by atoms with Gasteiger partial charge in [-0.2, -0.15) is 0 Å². The van der Waals surface area contributed by atoms with Crippen LogP contribution in [0, 0.1) is 0 Å². The fraction of sp³-hybridized carbons (Fsp3) is 0.533. The summed E-state index contributed by atoms with van der Waals surface area (Å²) in [5.41, 5.74) is 2.60. The molecule has 0 aromatic heterocycles. The summed E-state index contributed by atoms with van der Waals surface area (Å²) >= 11 is 0. The average molecular weight is 281 g/mol. The summed E-state index contributed by atoms with van der Waals surface area (Å²) in [6, 6.07) is 8.71. The molecule has 1 fully saturated rings. The summed E-state index contributed by atoms with van der Waals surface area (Å²) in [5, 5.41) is 6.47. The number of fused-ring (bicyclic) bond motifs is 1. The maximum atomic E-state index is 12.4. The SMILES string of the molecule is Cl.O=C(NC1CCNC1)C1CCCc2ccccc21. The maximum absolute atomic E-state index is 12.4. The minimum atomic E-state index is 0. The highest BCUT2D eigenvalue weighted by atomic mass is 35.5. The predicted molar refractivity (Wildman–Crippen MR) is 78.8 cm³/mol. The van der Waals surface area contributed by atoms with Gasteiger partial charge in [-0.15, -0.1) is 12.4 Å². The zero-order valence-corrected chi connectivity index (χ0v) is 11.8. The number of amides is 1. The van der Waals surface area contributed by atoms with Crippen molar-refractivity contribution in [1.29, 1.82) is 0 Å². The maximum Gasteiger partial charge on any atom is 0.227 e. The van der Waals surface area contributed by atoms with E-state index in [0.717, 1.165) is 38.8 Å². The molecule has 1 aromatic rings. The highest BCUT2D eigenvalue weighted by Crippen LogP contribution is 2.31. The van der Waals surface area contributed by atoms with Gasteiger partial charge in [-0.25, -0.2) is 0 Å². The molecule has 19 heavy (non-hydrogen) atoms. The summed E-state index contributed by atoms with van der Waals surface area (Å²) in [5.74, 6) is 0.284. The molecule has 3 nitrogen and oxygen atoms in total. The largest absolute Gasteiger partial charge is 0.352 e. The van der Waals surface area contributed by atoms with Gasteiger partial charge in [0.15, 0.2) is 0 Å². The van der Waals surface area contributed by atoms with E-state index in [2.05, 4.69) is 28.8 Å². The lowest BCUT2D eigenvalue weighted by molar-refractivity contribution is -0.123. The molecule has 1 aliphatic heterocycles. The molecule has 2 aliphatic rings. The summed E-state index contributed by atoms with van der Waals surface area (Å²) in [7, 11) is 0. The Balaban J connectivity index is 0.00000133. The molecule has 2 atom stereocenters. The molecule has 2 N–H and O–H groups in total. The Hall–Kier alpha value is -1.06. The number of nitrogens with one attached hydrogen (secondary N) is 2. The summed E-state index contributed by atoms with van der Waals surface area (Å²) in [6.07, 6.45) is 4.28. The number of rotatable bonds is 2. The van der Waals surface area contributed by atoms with Gasteiger partial charge in [0, 0.05) is 12.6 Å². The number of halogens is 1. The van der Waals surface area contributed by atoms with Crippen molar-refractivity contribution in [2.75, 3.05) is 13.1 Å². The van der Waals surface area contributed by atoms with E-state index in [9.17, 15) is 4.79 Å². The lowest BCUT2D eigenvalue weighted by Gasteiger charge is -2.25. The summed E-state index contributed by atoms with van der Waals surface area (Å²) in [6.45, 7) is 1.94. The lowest BCUT2D eigenvalue weighted by atomic mass is 9.82. The first-order valence-corrected chi connectivity index (χ1v) is 6.93. The zero-order valence-electron chi connectivity index (χ0n) is 11.0. The third-order valence-corrected chi connectivity index (χ3v) is 4.09. The minimum Gasteiger partial charge on any atom is -0.352 e. The molecule has 1 aliphatic carbocycles. The van der Waals surface area contributed by atoms with Crippen LogP contribution < -0.4 is 10.6 Å². The van der Waals surface area contributed by atoms with Crippen LogP contribution in [0.2, 0.25) is 0 Å². The summed E-state index contributed by atoms with van der Waals surface area (Å²) < 4.78 is 0. The number of aryl methyl sites for hydroxylation is 1. The zero-order chi connectivity index (χ0) is 12.4. The van der Waals surface area contributed by atoms with Gasteiger partial charge in [0.05, 0.1) is 5.92 Å². The van der Waals surface area contributed by atoms with Crippen LogP contribution in [0.3, 0.4) is 0 Å². The van der Waals surface area contributed by atoms with Gasteiger partial charge in [0.2, 0.25) is 5.91 Å². The molecule has 1 aromatic carbocycles. The Labute approximate surface area is 120 Å². The Bertz CT molecular complexity index is 444. The van der Waals surface area contributed by atoms with Crippen LogP contribution in [0.15, 0.2) is 24.3 Å². The van der Waals surface area contributed by atoms with Gasteiger partial charge < -0.3 is 10.6 Å². The van der Waals surface area contributed by atoms with Crippen molar-refractivity contribution in [3.8, 4) is 0 Å². The van der Waals surface area contributed by atoms with E-state index in [0.29, 0.717) is 6.04 Å². The number of carbonyl (C=O) groups is 1. The molecule has 104 valence electrons. The van der Waals surface area contributed by atoms with Gasteiger partial charge in [-0.05, 0) is 43.4 Å². The molecule has 0 radical (unpaired) electrons. The smallest absolute Gasteiger partial charge is 0.227 e. The third kappa shape index (κ3) is 3.10. The van der Waals surface area contributed by atoms with E-state index in [1.54, 1.807) is 0 Å². The molecule has 1 heterocycles. The molecule has 0 bridgehead atoms. The second kappa shape index (κ2) is 6.40. The molecule has 3 rings (SSSR count). The van der Waals surface area contributed by atoms with E-state index in [-0.39, 0.29) is 24.2 Å². The molecule has 0 saturated carbocycles. The van der Waals surface area contributed by atoms with Crippen molar-refractivity contribution in [3.05, 3.63) is 35.4 Å². The van der Waals surface area contributed by atoms with Gasteiger partial charge in [0.1, 0.15) is 0 Å². The van der Waals surface area contributed by atoms with Crippen LogP contribution in [0.4, 0.5) is 0 Å². The van der Waals surface area contributed by atoms with Crippen molar-refractivity contribution in [1.82, 2.24) is 10.6 Å². The average Bonchev–Trinajstić information content (AvgIpc) is 2.91. The van der Waals surface area contributed by atoms with Crippen LogP contribution in [-0.2, 0) is 11.2 Å². The van der Waals surface area contributed by atoms with Crippen LogP contribution in [-0.4, -0.2) is 25.0 Å². The Morgan fingerprint density at radius 2 is 2.11 bits per heavy atom. The van der Waals surface area contributed by atoms with Crippen molar-refractivity contribution >= 4 is 18.3 Å². The number of hydrogen-bond donors (Lipinski definition) is 2. The van der Waals surface area contributed by atoms with Crippen molar-refractivity contribution < 1.29 is 4.79 Å². The molecule has 0 spiro atoms. The Morgan fingerprint density at radius 3 is 2.89 bits per heavy atom. The fourth-order valence-corrected chi connectivity index (χ4v) is 3.11. The number of hydrogen-bond acceptors (Lipinski definition) is 2. The van der Waals surface area contributed by atoms with E-state index in [4.69, 9.17) is 0 Å². The second-order valence-corrected chi connectivity index (χ2v) is 5.34. The molecule has 2 unspecified atom stereocenters. The Kier molecular flexibility index (Phi) is 4.83. The molecular weight excluding hydrogens is 260 g/mol. The van der Waals surface area contributed by atoms with E-state index in [1.807, 2.05) is 6.07 Å². The first-order valence-electron chi connectivity index (χ1n) is 6.93. The standard InChI is InChI=1S/C15H20N2O.ClH/c18-15(17-12-8-9-16-10-12)14-7-3-5-11-4-1-2-6-13(11)14;/h1-2,4,6,12,14,16H,3,5,7-10H2,(H,17,18);1H. The topological polar surface area (TPSA) is 41.1 Å². The van der Waals surface area contributed by atoms with Gasteiger partial charge in [0.25, 0.3) is 0 Å². The normalized spacial score (nSPS) is 25.3. The Morgan fingerprint density at radius 1 is 1.26 bits per heavy atom. The third-order valence-electron chi connectivity index (χ3n) is 4.09. The minimum absolute atomic E-state index is 0. The predicted octanol–water partition coefficient (Wildman–Crippen LogP) is 2.01. The van der Waals surface area contributed by atoms with Crippen LogP contribution in [0.25, 0.3) is 0 Å². The van der Waals surface area contributed by atoms with Gasteiger partial charge in [-0.3, -0.25) is 4.79 Å². The van der Waals surface area contributed by atoms with Crippen molar-refractivity contribution in [2.24, 2.45) is 0 Å². The lowest BCUT2D eigenvalue weighted by Crippen LogP contribution is -2.40. The second-order valence-electron chi connectivity index (χ2n) is 5.34. The summed E-state index contributed by atoms with van der Waals surface area (Å²) in [4.78, 5) is 12.4. The highest BCUT2D eigenvalue weighted by Gasteiger charge is 2.28. The molecular formula is C15H21ClN2O. The van der Waals surface area contributed by atoms with E-state index in [1.165, 1.54) is 11.1 Å². The van der Waals surface area contributed by atoms with Gasteiger partial charge in [-0.1, -0.05) is 24.3 Å². The van der Waals surface area contributed by atoms with Crippen LogP contribution >= 0.6 is 12.4 Å². The molecule has 1 amide bonds. The van der Waals surface area contributed by atoms with E-state index >= 15 is 0 Å². The van der Waals surface area contributed by atoms with Crippen molar-refractivity contribution in [2.45, 2.75) is 37.6 Å².